The summed E-state index contributed by atoms with van der Waals surface area (Å²) in [4.78, 5) is 28.8. The lowest BCUT2D eigenvalue weighted by Gasteiger charge is -2.34. The van der Waals surface area contributed by atoms with E-state index in [0.29, 0.717) is 45.0 Å². The third-order valence-electron chi connectivity index (χ3n) is 5.91. The number of benzene rings is 3. The third-order valence-corrected chi connectivity index (χ3v) is 5.91. The van der Waals surface area contributed by atoms with E-state index in [-0.39, 0.29) is 18.4 Å². The van der Waals surface area contributed by atoms with Crippen molar-refractivity contribution in [2.45, 2.75) is 13.0 Å². The normalized spacial score (nSPS) is 13.3. The zero-order valence-corrected chi connectivity index (χ0v) is 19.9. The smallest absolute Gasteiger partial charge is 0.260 e. The molecule has 0 saturated carbocycles. The zero-order chi connectivity index (χ0) is 24.5. The van der Waals surface area contributed by atoms with Crippen LogP contribution in [0.2, 0.25) is 0 Å². The van der Waals surface area contributed by atoms with Crippen molar-refractivity contribution in [3.63, 3.8) is 0 Å². The van der Waals surface area contributed by atoms with Gasteiger partial charge < -0.3 is 24.0 Å². The predicted octanol–water partition coefficient (Wildman–Crippen LogP) is 3.57. The summed E-state index contributed by atoms with van der Waals surface area (Å²) in [6.45, 7) is 2.48. The Morgan fingerprint density at radius 2 is 1.29 bits per heavy atom. The second-order valence-electron chi connectivity index (χ2n) is 8.32. The van der Waals surface area contributed by atoms with Crippen molar-refractivity contribution in [1.29, 1.82) is 0 Å². The topological polar surface area (TPSA) is 68.3 Å². The number of hydrogen-bond donors (Lipinski definition) is 0. The molecule has 0 bridgehead atoms. The highest BCUT2D eigenvalue weighted by Crippen LogP contribution is 2.19. The Morgan fingerprint density at radius 1 is 0.686 bits per heavy atom. The number of ether oxygens (including phenoxy) is 3. The number of carbonyl (C=O) groups excluding carboxylic acids is 2. The molecule has 0 aliphatic carbocycles. The Hall–Kier alpha value is -4.00. The van der Waals surface area contributed by atoms with E-state index >= 15 is 0 Å². The number of hydrogen-bond acceptors (Lipinski definition) is 5. The van der Waals surface area contributed by atoms with Gasteiger partial charge in [0.2, 0.25) is 5.91 Å². The maximum atomic E-state index is 12.7. The summed E-state index contributed by atoms with van der Waals surface area (Å²) in [6, 6.07) is 24.7. The highest BCUT2D eigenvalue weighted by atomic mass is 16.5. The summed E-state index contributed by atoms with van der Waals surface area (Å²) in [5.41, 5.74) is 2.01. The van der Waals surface area contributed by atoms with E-state index in [4.69, 9.17) is 14.2 Å². The summed E-state index contributed by atoms with van der Waals surface area (Å²) in [7, 11) is 1.61. The van der Waals surface area contributed by atoms with Gasteiger partial charge in [0.05, 0.1) is 13.5 Å². The minimum atomic E-state index is -0.0886. The van der Waals surface area contributed by atoms with E-state index < -0.39 is 0 Å². The first-order valence-corrected chi connectivity index (χ1v) is 11.7. The molecule has 0 atom stereocenters. The van der Waals surface area contributed by atoms with Crippen molar-refractivity contribution < 1.29 is 23.8 Å². The molecule has 4 rings (SSSR count). The second kappa shape index (κ2) is 11.9. The molecule has 0 unspecified atom stereocenters. The van der Waals surface area contributed by atoms with Crippen LogP contribution in [0.5, 0.6) is 17.2 Å². The van der Waals surface area contributed by atoms with Crippen LogP contribution in [0.3, 0.4) is 0 Å². The number of nitrogens with zero attached hydrogens (tertiary/aromatic N) is 2. The van der Waals surface area contributed by atoms with Gasteiger partial charge in [-0.1, -0.05) is 42.5 Å². The Labute approximate surface area is 205 Å². The summed E-state index contributed by atoms with van der Waals surface area (Å²) < 4.78 is 16.7. The van der Waals surface area contributed by atoms with Crippen molar-refractivity contribution in [3.05, 3.63) is 90.0 Å². The van der Waals surface area contributed by atoms with Gasteiger partial charge >= 0.3 is 0 Å². The first-order chi connectivity index (χ1) is 17.1. The van der Waals surface area contributed by atoms with E-state index in [1.165, 1.54) is 0 Å². The molecule has 1 saturated heterocycles. The molecule has 1 aliphatic rings. The monoisotopic (exact) mass is 474 g/mol. The molecule has 0 radical (unpaired) electrons. The fourth-order valence-electron chi connectivity index (χ4n) is 3.88. The predicted molar refractivity (Wildman–Crippen MR) is 133 cm³/mol. The van der Waals surface area contributed by atoms with Gasteiger partial charge in [0.1, 0.15) is 23.9 Å². The molecule has 3 aromatic rings. The molecule has 1 fully saturated rings. The summed E-state index contributed by atoms with van der Waals surface area (Å²) in [6.07, 6.45) is 0.319. The van der Waals surface area contributed by atoms with Crippen LogP contribution in [0.1, 0.15) is 11.1 Å². The number of rotatable bonds is 9. The highest BCUT2D eigenvalue weighted by Gasteiger charge is 2.24. The number of carbonyl (C=O) groups is 2. The van der Waals surface area contributed by atoms with Crippen molar-refractivity contribution in [3.8, 4) is 17.2 Å². The maximum Gasteiger partial charge on any atom is 0.260 e. The minimum absolute atomic E-state index is 0.0397. The number of amides is 2. The molecule has 3 aromatic carbocycles. The quantitative estimate of drug-likeness (QED) is 0.474. The van der Waals surface area contributed by atoms with Gasteiger partial charge in [-0.15, -0.1) is 0 Å². The van der Waals surface area contributed by atoms with Gasteiger partial charge in [-0.05, 0) is 47.5 Å². The summed E-state index contributed by atoms with van der Waals surface area (Å²) in [5.74, 6) is 2.05. The SMILES string of the molecule is COc1cccc(CC(=O)N2CCN(C(=O)COc3ccc(OCc4ccccc4)cc3)CC2)c1. The average Bonchev–Trinajstić information content (AvgIpc) is 2.92. The van der Waals surface area contributed by atoms with E-state index in [9.17, 15) is 9.59 Å². The molecule has 1 heterocycles. The van der Waals surface area contributed by atoms with Crippen molar-refractivity contribution >= 4 is 11.8 Å². The van der Waals surface area contributed by atoms with Gasteiger partial charge in [-0.25, -0.2) is 0 Å². The van der Waals surface area contributed by atoms with E-state index in [0.717, 1.165) is 22.6 Å². The molecule has 35 heavy (non-hydrogen) atoms. The Balaban J connectivity index is 1.18. The van der Waals surface area contributed by atoms with Gasteiger partial charge in [0, 0.05) is 26.2 Å². The van der Waals surface area contributed by atoms with Crippen LogP contribution in [0.4, 0.5) is 0 Å². The lowest BCUT2D eigenvalue weighted by atomic mass is 10.1. The number of piperazine rings is 1. The van der Waals surface area contributed by atoms with E-state index in [2.05, 4.69) is 0 Å². The lowest BCUT2D eigenvalue weighted by molar-refractivity contribution is -0.140. The average molecular weight is 475 g/mol. The van der Waals surface area contributed by atoms with E-state index in [1.807, 2.05) is 66.7 Å². The molecule has 0 spiro atoms. The molecule has 0 aromatic heterocycles. The molecule has 1 aliphatic heterocycles. The largest absolute Gasteiger partial charge is 0.497 e. The van der Waals surface area contributed by atoms with Crippen LogP contribution in [-0.2, 0) is 22.6 Å². The summed E-state index contributed by atoms with van der Waals surface area (Å²) in [5, 5.41) is 0. The molecule has 7 heteroatoms. The van der Waals surface area contributed by atoms with Crippen LogP contribution in [-0.4, -0.2) is 61.5 Å². The van der Waals surface area contributed by atoms with Crippen LogP contribution in [0.25, 0.3) is 0 Å². The van der Waals surface area contributed by atoms with Crippen molar-refractivity contribution in [2.24, 2.45) is 0 Å². The molecule has 0 N–H and O–H groups in total. The fraction of sp³-hybridized carbons (Fsp3) is 0.286. The summed E-state index contributed by atoms with van der Waals surface area (Å²) >= 11 is 0. The van der Waals surface area contributed by atoms with Crippen molar-refractivity contribution in [2.75, 3.05) is 39.9 Å². The van der Waals surface area contributed by atoms with Crippen molar-refractivity contribution in [1.82, 2.24) is 9.80 Å². The second-order valence-corrected chi connectivity index (χ2v) is 8.32. The first-order valence-electron chi connectivity index (χ1n) is 11.7. The first kappa shape index (κ1) is 24.1. The van der Waals surface area contributed by atoms with Gasteiger partial charge in [0.25, 0.3) is 5.91 Å². The molecular formula is C28H30N2O5. The number of methoxy groups -OCH3 is 1. The van der Waals surface area contributed by atoms with Crippen LogP contribution >= 0.6 is 0 Å². The molecule has 2 amide bonds. The zero-order valence-electron chi connectivity index (χ0n) is 19.9. The Morgan fingerprint density at radius 3 is 1.94 bits per heavy atom. The standard InChI is InChI=1S/C28H30N2O5/c1-33-26-9-5-8-23(18-26)19-27(31)29-14-16-30(17-15-29)28(32)21-35-25-12-10-24(11-13-25)34-20-22-6-3-2-4-7-22/h2-13,18H,14-17,19-21H2,1H3. The van der Waals surface area contributed by atoms with E-state index in [1.54, 1.807) is 29.0 Å². The van der Waals surface area contributed by atoms with Crippen LogP contribution in [0, 0.1) is 0 Å². The fourth-order valence-corrected chi connectivity index (χ4v) is 3.88. The third kappa shape index (κ3) is 6.99. The highest BCUT2D eigenvalue weighted by molar-refractivity contribution is 5.80. The Kier molecular flexibility index (Phi) is 8.22. The molecular weight excluding hydrogens is 444 g/mol. The maximum absolute atomic E-state index is 12.7. The Bertz CT molecular complexity index is 1110. The lowest BCUT2D eigenvalue weighted by Crippen LogP contribution is -2.52. The molecule has 7 nitrogen and oxygen atoms in total. The van der Waals surface area contributed by atoms with Gasteiger partial charge in [-0.3, -0.25) is 9.59 Å². The van der Waals surface area contributed by atoms with Gasteiger partial charge in [0.15, 0.2) is 6.61 Å². The van der Waals surface area contributed by atoms with Gasteiger partial charge in [-0.2, -0.15) is 0 Å². The molecule has 182 valence electrons. The van der Waals surface area contributed by atoms with Crippen LogP contribution in [0.15, 0.2) is 78.9 Å². The minimum Gasteiger partial charge on any atom is -0.497 e. The van der Waals surface area contributed by atoms with Crippen LogP contribution < -0.4 is 14.2 Å².